The first kappa shape index (κ1) is 35.1. The van der Waals surface area contributed by atoms with Crippen LogP contribution >= 0.6 is 0 Å². The number of nitrogens with one attached hydrogen (secondary N) is 2. The highest BCUT2D eigenvalue weighted by atomic mass is 32.2. The number of carbonyl (C=O) groups excluding carboxylic acids is 1. The van der Waals surface area contributed by atoms with Crippen LogP contribution in [0.5, 0.6) is 5.75 Å². The van der Waals surface area contributed by atoms with Crippen LogP contribution in [0.2, 0.25) is 0 Å². The highest BCUT2D eigenvalue weighted by Gasteiger charge is 2.11. The first-order valence-corrected chi connectivity index (χ1v) is 14.9. The second kappa shape index (κ2) is 18.5. The van der Waals surface area contributed by atoms with E-state index in [2.05, 4.69) is 10.3 Å². The van der Waals surface area contributed by atoms with Gasteiger partial charge in [-0.1, -0.05) is 24.3 Å². The molecule has 0 aromatic heterocycles. The fourth-order valence-corrected chi connectivity index (χ4v) is 3.97. The largest absolute Gasteiger partial charge is 0.547 e. The van der Waals surface area contributed by atoms with Crippen molar-refractivity contribution in [3.05, 3.63) is 59.7 Å². The number of aliphatic carboxylic acids is 2. The van der Waals surface area contributed by atoms with E-state index in [1.54, 1.807) is 25.1 Å². The molecule has 0 spiro atoms. The van der Waals surface area contributed by atoms with Crippen LogP contribution in [0, 0.1) is 0 Å². The molecule has 0 amide bonds. The Morgan fingerprint density at radius 1 is 1.10 bits per heavy atom. The smallest absolute Gasteiger partial charge is 0.338 e. The fraction of sp³-hybridized carbons (Fsp3) is 0.444. The van der Waals surface area contributed by atoms with Crippen molar-refractivity contribution in [3.63, 3.8) is 0 Å². The minimum atomic E-state index is -3.53. The molecule has 2 aromatic carbocycles. The summed E-state index contributed by atoms with van der Waals surface area (Å²) in [5, 5.41) is 22.8. The summed E-state index contributed by atoms with van der Waals surface area (Å²) < 4.78 is 32.5. The van der Waals surface area contributed by atoms with Gasteiger partial charge in [-0.25, -0.2) is 0 Å². The molecule has 2 unspecified atom stereocenters. The van der Waals surface area contributed by atoms with E-state index >= 15 is 0 Å². The lowest BCUT2D eigenvalue weighted by Gasteiger charge is -2.18. The average molecular weight is 596 g/mol. The summed E-state index contributed by atoms with van der Waals surface area (Å²) in [6, 6.07) is 13.8. The van der Waals surface area contributed by atoms with Crippen LogP contribution in [0.1, 0.15) is 37.3 Å². The molecule has 2 aromatic rings. The highest BCUT2D eigenvalue weighted by Crippen LogP contribution is 2.17. The molecule has 0 aliphatic carbocycles. The number of carbonyl (C=O) groups is 2. The van der Waals surface area contributed by atoms with E-state index in [1.807, 2.05) is 30.3 Å². The van der Waals surface area contributed by atoms with Crippen LogP contribution in [0.15, 0.2) is 48.5 Å². The summed E-state index contributed by atoms with van der Waals surface area (Å²) in [7, 11) is -3.53. The maximum absolute atomic E-state index is 11.2. The quantitative estimate of drug-likeness (QED) is 0.0520. The Balaban J connectivity index is 0.000000590. The maximum atomic E-state index is 11.2. The van der Waals surface area contributed by atoms with Gasteiger partial charge in [-0.2, -0.15) is 8.42 Å². The van der Waals surface area contributed by atoms with Gasteiger partial charge in [0.05, 0.1) is 18.8 Å². The monoisotopic (exact) mass is 595 g/mol. The number of carboxylic acid groups (broad SMARTS) is 2. The lowest BCUT2D eigenvalue weighted by atomic mass is 10.1. The third kappa shape index (κ3) is 16.7. The van der Waals surface area contributed by atoms with E-state index < -0.39 is 34.2 Å². The summed E-state index contributed by atoms with van der Waals surface area (Å²) in [6.07, 6.45) is 3.00. The molecular weight excluding hydrogens is 554 g/mol. The topological polar surface area (TPSA) is 234 Å². The Bertz CT molecular complexity index is 1220. The predicted molar refractivity (Wildman–Crippen MR) is 153 cm³/mol. The Morgan fingerprint density at radius 2 is 1.78 bits per heavy atom. The first-order chi connectivity index (χ1) is 19.3. The van der Waals surface area contributed by atoms with E-state index in [9.17, 15) is 23.1 Å². The number of anilines is 1. The fourth-order valence-electron chi connectivity index (χ4n) is 3.52. The number of aryl methyl sites for hydroxylation is 1. The van der Waals surface area contributed by atoms with E-state index in [0.717, 1.165) is 42.5 Å². The van der Waals surface area contributed by atoms with E-state index in [4.69, 9.17) is 31.2 Å². The second-order valence-corrected chi connectivity index (χ2v) is 10.7. The third-order valence-corrected chi connectivity index (χ3v) is 5.96. The normalized spacial score (nSPS) is 12.3. The lowest BCUT2D eigenvalue weighted by molar-refractivity contribution is -0.459. The number of nitrogens with two attached hydrogens (primary N) is 3. The van der Waals surface area contributed by atoms with Crippen molar-refractivity contribution in [1.82, 2.24) is 0 Å². The SMILES string of the molecule is CCOC(Cc1ccc(NCCCc2cccc(OS(C)(=O)=O)c2)cc1)C(=O)[O-].NC(N)=[NH+]CCCC(N)C(=O)O. The number of rotatable bonds is 17. The van der Waals surface area contributed by atoms with Gasteiger partial charge in [0.1, 0.15) is 17.9 Å². The van der Waals surface area contributed by atoms with Gasteiger partial charge >= 0.3 is 22.0 Å². The Morgan fingerprint density at radius 3 is 2.34 bits per heavy atom. The Kier molecular flexibility index (Phi) is 15.8. The minimum Gasteiger partial charge on any atom is -0.547 e. The molecule has 2 atom stereocenters. The summed E-state index contributed by atoms with van der Waals surface area (Å²) in [6.45, 7) is 3.35. The predicted octanol–water partition coefficient (Wildman–Crippen LogP) is -1.70. The van der Waals surface area contributed by atoms with Crippen molar-refractivity contribution in [2.75, 3.05) is 31.3 Å². The number of ether oxygens (including phenoxy) is 1. The number of benzene rings is 2. The van der Waals surface area contributed by atoms with Crippen LogP contribution < -0.4 is 36.8 Å². The van der Waals surface area contributed by atoms with Gasteiger partial charge in [0.15, 0.2) is 0 Å². The summed E-state index contributed by atoms with van der Waals surface area (Å²) in [5.74, 6) is -1.74. The summed E-state index contributed by atoms with van der Waals surface area (Å²) in [5.41, 5.74) is 18.2. The van der Waals surface area contributed by atoms with Crippen LogP contribution in [0.4, 0.5) is 5.69 Å². The van der Waals surface area contributed by atoms with Crippen LogP contribution in [0.25, 0.3) is 0 Å². The molecule has 0 radical (unpaired) electrons. The molecule has 14 heteroatoms. The van der Waals surface area contributed by atoms with E-state index in [1.165, 1.54) is 0 Å². The number of carboxylic acids is 2. The van der Waals surface area contributed by atoms with Gasteiger partial charge in [-0.15, -0.1) is 0 Å². The van der Waals surface area contributed by atoms with Crippen LogP contribution in [0.3, 0.4) is 0 Å². The molecule has 0 fully saturated rings. The molecule has 0 heterocycles. The zero-order valence-electron chi connectivity index (χ0n) is 23.4. The molecule has 228 valence electrons. The molecule has 0 aliphatic rings. The van der Waals surface area contributed by atoms with Gasteiger partial charge in [-0.05, 0) is 68.0 Å². The Hall–Kier alpha value is -3.88. The van der Waals surface area contributed by atoms with Crippen molar-refractivity contribution in [1.29, 1.82) is 0 Å². The van der Waals surface area contributed by atoms with Gasteiger partial charge in [-0.3, -0.25) is 21.3 Å². The van der Waals surface area contributed by atoms with Crippen LogP contribution in [-0.2, 0) is 37.3 Å². The molecule has 0 bridgehead atoms. The standard InChI is InChI=1S/C21H27NO6S.C6H14N4O2/c1-3-27-20(21(23)24)15-17-9-11-18(12-10-17)22-13-5-7-16-6-4-8-19(14-16)28-29(2,25)26;7-4(5(11)12)2-1-3-10-6(8)9/h4,6,8-12,14,20,22H,3,5,7,13,15H2,1-2H3,(H,23,24);4H,1-3,7H2,(H,11,12)(H4,8,9,10). The van der Waals surface area contributed by atoms with Crippen molar-refractivity contribution < 1.29 is 42.1 Å². The number of hydrogen-bond donors (Lipinski definition) is 6. The van der Waals surface area contributed by atoms with Crippen molar-refractivity contribution in [3.8, 4) is 5.75 Å². The van der Waals surface area contributed by atoms with E-state index in [-0.39, 0.29) is 12.4 Å². The molecule has 0 aliphatic heterocycles. The van der Waals surface area contributed by atoms with Gasteiger partial charge < -0.3 is 35.0 Å². The van der Waals surface area contributed by atoms with Crippen molar-refractivity contribution in [2.24, 2.45) is 17.2 Å². The lowest BCUT2D eigenvalue weighted by Crippen LogP contribution is -2.78. The Labute approximate surface area is 240 Å². The molecule has 13 nitrogen and oxygen atoms in total. The molecule has 0 saturated heterocycles. The highest BCUT2D eigenvalue weighted by molar-refractivity contribution is 7.86. The summed E-state index contributed by atoms with van der Waals surface area (Å²) in [4.78, 5) is 23.9. The van der Waals surface area contributed by atoms with Gasteiger partial charge in [0.2, 0.25) is 0 Å². The third-order valence-electron chi connectivity index (χ3n) is 5.46. The van der Waals surface area contributed by atoms with Crippen LogP contribution in [-0.4, -0.2) is 69.5 Å². The van der Waals surface area contributed by atoms with E-state index in [0.29, 0.717) is 31.7 Å². The zero-order valence-corrected chi connectivity index (χ0v) is 24.2. The molecule has 41 heavy (non-hydrogen) atoms. The number of guanidine groups is 1. The average Bonchev–Trinajstić information content (AvgIpc) is 2.89. The van der Waals surface area contributed by atoms with Gasteiger partial charge in [0.25, 0.3) is 0 Å². The molecule has 9 N–H and O–H groups in total. The minimum absolute atomic E-state index is 0.138. The molecule has 2 rings (SSSR count). The zero-order chi connectivity index (χ0) is 30.8. The molecular formula is C27H41N5O8S. The number of hydrogen-bond acceptors (Lipinski definition) is 9. The van der Waals surface area contributed by atoms with Gasteiger partial charge in [0, 0.05) is 25.3 Å². The van der Waals surface area contributed by atoms with Crippen molar-refractivity contribution in [2.45, 2.75) is 51.2 Å². The summed E-state index contributed by atoms with van der Waals surface area (Å²) >= 11 is 0. The second-order valence-electron chi connectivity index (χ2n) is 9.10. The van der Waals surface area contributed by atoms with Crippen molar-refractivity contribution >= 4 is 33.7 Å². The first-order valence-electron chi connectivity index (χ1n) is 13.0. The molecule has 0 saturated carbocycles. The maximum Gasteiger partial charge on any atom is 0.338 e.